The van der Waals surface area contributed by atoms with E-state index in [0.717, 1.165) is 12.1 Å². The molecule has 2 aromatic carbocycles. The van der Waals surface area contributed by atoms with Gasteiger partial charge in [-0.05, 0) is 61.7 Å². The van der Waals surface area contributed by atoms with Gasteiger partial charge in [-0.3, -0.25) is 9.59 Å². The highest BCUT2D eigenvalue weighted by Gasteiger charge is 2.35. The molecule has 1 fully saturated rings. The second-order valence-corrected chi connectivity index (χ2v) is 10.4. The molecule has 0 spiro atoms. The average Bonchev–Trinajstić information content (AvgIpc) is 2.82. The maximum Gasteiger partial charge on any atom is 0.416 e. The van der Waals surface area contributed by atoms with Crippen molar-refractivity contribution in [3.8, 4) is 5.75 Å². The van der Waals surface area contributed by atoms with E-state index >= 15 is 0 Å². The number of nitrogens with one attached hydrogen (secondary N) is 1. The van der Waals surface area contributed by atoms with E-state index in [-0.39, 0.29) is 36.4 Å². The van der Waals surface area contributed by atoms with Gasteiger partial charge in [0.2, 0.25) is 11.8 Å². The van der Waals surface area contributed by atoms with Crippen molar-refractivity contribution >= 4 is 45.0 Å². The van der Waals surface area contributed by atoms with Crippen LogP contribution in [0.1, 0.15) is 36.5 Å². The maximum absolute atomic E-state index is 13.6. The molecule has 0 aliphatic carbocycles. The van der Waals surface area contributed by atoms with E-state index in [1.165, 1.54) is 12.1 Å². The van der Waals surface area contributed by atoms with Crippen LogP contribution in [0.2, 0.25) is 5.02 Å². The number of phenolic OH excluding ortho intramolecular Hbond substituents is 1. The van der Waals surface area contributed by atoms with E-state index in [2.05, 4.69) is 21.2 Å². The molecule has 11 heteroatoms. The topological polar surface area (TPSA) is 72.9 Å². The van der Waals surface area contributed by atoms with Gasteiger partial charge in [0.15, 0.2) is 0 Å². The van der Waals surface area contributed by atoms with Gasteiger partial charge in [0.25, 0.3) is 0 Å². The summed E-state index contributed by atoms with van der Waals surface area (Å²) in [7, 11) is 0. The van der Waals surface area contributed by atoms with Gasteiger partial charge >= 0.3 is 6.18 Å². The Balaban J connectivity index is 1.76. The van der Waals surface area contributed by atoms with E-state index < -0.39 is 17.8 Å². The Kier molecular flexibility index (Phi) is 9.74. The van der Waals surface area contributed by atoms with Crippen molar-refractivity contribution in [2.24, 2.45) is 0 Å². The SMILES string of the molecule is Cc1cc(C(F)(F)F)ccc1N1CCN(C(=O)C(Cc2ccc(Cl)cc2O)NC(=O)CCCBr)C(C)C1. The van der Waals surface area contributed by atoms with Crippen molar-refractivity contribution in [1.82, 2.24) is 10.2 Å². The summed E-state index contributed by atoms with van der Waals surface area (Å²) in [5.41, 5.74) is 0.990. The number of nitrogens with zero attached hydrogens (tertiary/aromatic N) is 2. The lowest BCUT2D eigenvalue weighted by Gasteiger charge is -2.42. The summed E-state index contributed by atoms with van der Waals surface area (Å²) < 4.78 is 39.2. The van der Waals surface area contributed by atoms with Crippen LogP contribution >= 0.6 is 27.5 Å². The molecule has 2 atom stereocenters. The van der Waals surface area contributed by atoms with Crippen LogP contribution in [-0.2, 0) is 22.2 Å². The monoisotopic (exact) mass is 603 g/mol. The van der Waals surface area contributed by atoms with Crippen molar-refractivity contribution in [3.63, 3.8) is 0 Å². The van der Waals surface area contributed by atoms with Gasteiger partial charge in [-0.2, -0.15) is 13.2 Å². The van der Waals surface area contributed by atoms with Crippen LogP contribution in [0.4, 0.5) is 18.9 Å². The number of aromatic hydroxyl groups is 1. The van der Waals surface area contributed by atoms with Gasteiger partial charge in [0.1, 0.15) is 11.8 Å². The smallest absolute Gasteiger partial charge is 0.416 e. The van der Waals surface area contributed by atoms with Crippen LogP contribution in [0.25, 0.3) is 0 Å². The molecule has 2 N–H and O–H groups in total. The first-order chi connectivity index (χ1) is 17.4. The number of rotatable bonds is 8. The van der Waals surface area contributed by atoms with Crippen molar-refractivity contribution in [2.45, 2.75) is 51.4 Å². The van der Waals surface area contributed by atoms with Crippen molar-refractivity contribution in [2.75, 3.05) is 29.9 Å². The number of hydrogen-bond acceptors (Lipinski definition) is 4. The Labute approximate surface area is 227 Å². The summed E-state index contributed by atoms with van der Waals surface area (Å²) in [5.74, 6) is -0.605. The zero-order chi connectivity index (χ0) is 27.3. The van der Waals surface area contributed by atoms with Gasteiger partial charge in [-0.15, -0.1) is 0 Å². The number of halogens is 5. The van der Waals surface area contributed by atoms with Gasteiger partial charge < -0.3 is 20.2 Å². The van der Waals surface area contributed by atoms with E-state index in [4.69, 9.17) is 11.6 Å². The van der Waals surface area contributed by atoms with Gasteiger partial charge in [0.05, 0.1) is 5.56 Å². The molecule has 1 aliphatic heterocycles. The highest BCUT2D eigenvalue weighted by Crippen LogP contribution is 2.33. The molecule has 0 radical (unpaired) electrons. The Hall–Kier alpha value is -2.46. The van der Waals surface area contributed by atoms with Crippen LogP contribution in [0.15, 0.2) is 36.4 Å². The molecule has 1 aliphatic rings. The van der Waals surface area contributed by atoms with E-state index in [9.17, 15) is 27.9 Å². The molecular weight excluding hydrogens is 575 g/mol. The fourth-order valence-corrected chi connectivity index (χ4v) is 4.96. The molecule has 1 saturated heterocycles. The first-order valence-electron chi connectivity index (χ1n) is 12.0. The number of piperazine rings is 1. The summed E-state index contributed by atoms with van der Waals surface area (Å²) in [6.07, 6.45) is -3.46. The third-order valence-corrected chi connectivity index (χ3v) is 7.21. The van der Waals surface area contributed by atoms with Crippen molar-refractivity contribution in [1.29, 1.82) is 0 Å². The number of carbonyl (C=O) groups excluding carboxylic acids is 2. The van der Waals surface area contributed by atoms with Crippen molar-refractivity contribution < 1.29 is 27.9 Å². The number of aryl methyl sites for hydroxylation is 1. The molecule has 6 nitrogen and oxygen atoms in total. The maximum atomic E-state index is 13.6. The molecule has 2 unspecified atom stereocenters. The first-order valence-corrected chi connectivity index (χ1v) is 13.5. The van der Waals surface area contributed by atoms with Crippen LogP contribution in [-0.4, -0.2) is 58.9 Å². The lowest BCUT2D eigenvalue weighted by molar-refractivity contribution is -0.138. The third kappa shape index (κ3) is 7.54. The number of phenols is 1. The largest absolute Gasteiger partial charge is 0.508 e. The Morgan fingerprint density at radius 3 is 2.54 bits per heavy atom. The molecule has 3 rings (SSSR count). The summed E-state index contributed by atoms with van der Waals surface area (Å²) in [5, 5.41) is 14.1. The molecule has 0 bridgehead atoms. The summed E-state index contributed by atoms with van der Waals surface area (Å²) in [6, 6.07) is 7.14. The molecular formula is C26H30BrClF3N3O3. The van der Waals surface area contributed by atoms with Crippen LogP contribution in [0.3, 0.4) is 0 Å². The fraction of sp³-hybridized carbons (Fsp3) is 0.462. The second kappa shape index (κ2) is 12.4. The molecule has 202 valence electrons. The standard InChI is InChI=1S/C26H30BrClF3N3O3/c1-16-12-19(26(29,30)31)6-8-22(16)33-10-11-34(17(2)15-33)25(37)21(32-24(36)4-3-9-27)13-18-5-7-20(28)14-23(18)35/h5-8,12,14,17,21,35H,3-4,9-11,13,15H2,1-2H3,(H,32,36). The fourth-order valence-electron chi connectivity index (χ4n) is 4.51. The van der Waals surface area contributed by atoms with Crippen LogP contribution in [0.5, 0.6) is 5.75 Å². The average molecular weight is 605 g/mol. The molecule has 1 heterocycles. The highest BCUT2D eigenvalue weighted by molar-refractivity contribution is 9.09. The normalized spacial score (nSPS) is 17.0. The minimum atomic E-state index is -4.41. The van der Waals surface area contributed by atoms with Crippen molar-refractivity contribution in [3.05, 3.63) is 58.1 Å². The van der Waals surface area contributed by atoms with Gasteiger partial charge in [-0.25, -0.2) is 0 Å². The number of carbonyl (C=O) groups is 2. The zero-order valence-corrected chi connectivity index (χ0v) is 23.0. The predicted molar refractivity (Wildman–Crippen MR) is 141 cm³/mol. The third-order valence-electron chi connectivity index (χ3n) is 6.42. The zero-order valence-electron chi connectivity index (χ0n) is 20.6. The molecule has 37 heavy (non-hydrogen) atoms. The number of benzene rings is 2. The van der Waals surface area contributed by atoms with Crippen LogP contribution in [0, 0.1) is 6.92 Å². The minimum absolute atomic E-state index is 0.0596. The molecule has 0 saturated carbocycles. The first kappa shape index (κ1) is 29.1. The van der Waals surface area contributed by atoms with E-state index in [1.807, 2.05) is 11.8 Å². The summed E-state index contributed by atoms with van der Waals surface area (Å²) in [6.45, 7) is 4.70. The Bertz CT molecular complexity index is 1130. The summed E-state index contributed by atoms with van der Waals surface area (Å²) >= 11 is 9.23. The number of amides is 2. The van der Waals surface area contributed by atoms with E-state index in [1.54, 1.807) is 24.0 Å². The molecule has 0 aromatic heterocycles. The number of hydrogen-bond donors (Lipinski definition) is 2. The number of anilines is 1. The number of alkyl halides is 4. The highest BCUT2D eigenvalue weighted by atomic mass is 79.9. The van der Waals surface area contributed by atoms with Gasteiger partial charge in [0, 0.05) is 54.6 Å². The minimum Gasteiger partial charge on any atom is -0.508 e. The quantitative estimate of drug-likeness (QED) is 0.401. The Morgan fingerprint density at radius 2 is 1.95 bits per heavy atom. The second-order valence-electron chi connectivity index (χ2n) is 9.22. The van der Waals surface area contributed by atoms with Crippen LogP contribution < -0.4 is 10.2 Å². The Morgan fingerprint density at radius 1 is 1.22 bits per heavy atom. The molecule has 2 aromatic rings. The lowest BCUT2D eigenvalue weighted by Crippen LogP contribution is -2.59. The summed E-state index contributed by atoms with van der Waals surface area (Å²) in [4.78, 5) is 29.8. The van der Waals surface area contributed by atoms with E-state index in [0.29, 0.717) is 53.2 Å². The molecule has 2 amide bonds. The predicted octanol–water partition coefficient (Wildman–Crippen LogP) is 5.31. The lowest BCUT2D eigenvalue weighted by atomic mass is 10.0. The van der Waals surface area contributed by atoms with Gasteiger partial charge in [-0.1, -0.05) is 33.6 Å².